The standard InChI is InChI=1S/C12H14BrN3/c13-10-6-9(7-14)2-3-11(10)16-8-12(15)4-1-5-12/h2-3,6,16H,1,4-5,8,15H2. The van der Waals surface area contributed by atoms with Gasteiger partial charge in [-0.2, -0.15) is 5.26 Å². The summed E-state index contributed by atoms with van der Waals surface area (Å²) in [5, 5.41) is 12.1. The molecule has 1 aromatic carbocycles. The van der Waals surface area contributed by atoms with Crippen LogP contribution in [0.3, 0.4) is 0 Å². The first-order valence-electron chi connectivity index (χ1n) is 5.35. The molecule has 0 radical (unpaired) electrons. The lowest BCUT2D eigenvalue weighted by molar-refractivity contribution is 0.265. The number of benzene rings is 1. The Balaban J connectivity index is 2.02. The van der Waals surface area contributed by atoms with Crippen LogP contribution in [0.2, 0.25) is 0 Å². The minimum Gasteiger partial charge on any atom is -0.382 e. The Labute approximate surface area is 104 Å². The van der Waals surface area contributed by atoms with Crippen molar-refractivity contribution >= 4 is 21.6 Å². The summed E-state index contributed by atoms with van der Waals surface area (Å²) >= 11 is 3.44. The number of nitrogens with one attached hydrogen (secondary N) is 1. The highest BCUT2D eigenvalue weighted by atomic mass is 79.9. The number of hydrogen-bond acceptors (Lipinski definition) is 3. The Bertz CT molecular complexity index is 432. The maximum atomic E-state index is 8.75. The van der Waals surface area contributed by atoms with E-state index in [0.29, 0.717) is 5.56 Å². The number of anilines is 1. The van der Waals surface area contributed by atoms with Crippen LogP contribution < -0.4 is 11.1 Å². The van der Waals surface area contributed by atoms with E-state index in [1.807, 2.05) is 12.1 Å². The molecule has 1 aliphatic rings. The summed E-state index contributed by atoms with van der Waals surface area (Å²) in [5.41, 5.74) is 7.74. The fraction of sp³-hybridized carbons (Fsp3) is 0.417. The second-order valence-electron chi connectivity index (χ2n) is 4.38. The van der Waals surface area contributed by atoms with Crippen LogP contribution in [-0.4, -0.2) is 12.1 Å². The molecule has 4 heteroatoms. The predicted octanol–water partition coefficient (Wildman–Crippen LogP) is 2.61. The van der Waals surface area contributed by atoms with Gasteiger partial charge in [-0.15, -0.1) is 0 Å². The van der Waals surface area contributed by atoms with Crippen LogP contribution in [0.4, 0.5) is 5.69 Å². The smallest absolute Gasteiger partial charge is 0.0992 e. The third-order valence-electron chi connectivity index (χ3n) is 3.08. The molecular weight excluding hydrogens is 266 g/mol. The number of rotatable bonds is 3. The Kier molecular flexibility index (Phi) is 3.17. The molecule has 0 aromatic heterocycles. The molecule has 0 aliphatic heterocycles. The van der Waals surface area contributed by atoms with Gasteiger partial charge in [0.2, 0.25) is 0 Å². The molecule has 1 saturated carbocycles. The minimum absolute atomic E-state index is 0.0344. The average molecular weight is 280 g/mol. The summed E-state index contributed by atoms with van der Waals surface area (Å²) in [6, 6.07) is 7.63. The first-order chi connectivity index (χ1) is 7.63. The first kappa shape index (κ1) is 11.4. The zero-order valence-electron chi connectivity index (χ0n) is 8.96. The number of halogens is 1. The molecule has 0 saturated heterocycles. The number of nitrogens with zero attached hydrogens (tertiary/aromatic N) is 1. The van der Waals surface area contributed by atoms with Crippen molar-refractivity contribution in [2.45, 2.75) is 24.8 Å². The van der Waals surface area contributed by atoms with E-state index >= 15 is 0 Å². The van der Waals surface area contributed by atoms with Gasteiger partial charge in [-0.25, -0.2) is 0 Å². The molecule has 1 fully saturated rings. The fourth-order valence-electron chi connectivity index (χ4n) is 1.81. The zero-order valence-corrected chi connectivity index (χ0v) is 10.5. The summed E-state index contributed by atoms with van der Waals surface area (Å²) < 4.78 is 0.912. The van der Waals surface area contributed by atoms with Crippen LogP contribution in [0.5, 0.6) is 0 Å². The van der Waals surface area contributed by atoms with Crippen LogP contribution >= 0.6 is 15.9 Å². The molecule has 1 aromatic rings. The summed E-state index contributed by atoms with van der Waals surface area (Å²) in [7, 11) is 0. The van der Waals surface area contributed by atoms with E-state index in [1.54, 1.807) is 6.07 Å². The molecule has 1 aliphatic carbocycles. The second kappa shape index (κ2) is 4.44. The number of nitriles is 1. The van der Waals surface area contributed by atoms with Gasteiger partial charge in [-0.05, 0) is 53.4 Å². The van der Waals surface area contributed by atoms with E-state index in [-0.39, 0.29) is 5.54 Å². The third-order valence-corrected chi connectivity index (χ3v) is 3.73. The second-order valence-corrected chi connectivity index (χ2v) is 5.23. The lowest BCUT2D eigenvalue weighted by Crippen LogP contribution is -2.51. The van der Waals surface area contributed by atoms with Gasteiger partial charge in [0, 0.05) is 22.2 Å². The van der Waals surface area contributed by atoms with Gasteiger partial charge in [0.25, 0.3) is 0 Å². The topological polar surface area (TPSA) is 61.8 Å². The van der Waals surface area contributed by atoms with Gasteiger partial charge in [0.05, 0.1) is 11.6 Å². The van der Waals surface area contributed by atoms with E-state index < -0.39 is 0 Å². The predicted molar refractivity (Wildman–Crippen MR) is 68.1 cm³/mol. The van der Waals surface area contributed by atoms with Gasteiger partial charge in [0.15, 0.2) is 0 Å². The van der Waals surface area contributed by atoms with Gasteiger partial charge in [-0.1, -0.05) is 0 Å². The Hall–Kier alpha value is -1.05. The van der Waals surface area contributed by atoms with E-state index in [4.69, 9.17) is 11.0 Å². The van der Waals surface area contributed by atoms with Crippen molar-refractivity contribution in [2.75, 3.05) is 11.9 Å². The van der Waals surface area contributed by atoms with Gasteiger partial charge in [0.1, 0.15) is 0 Å². The maximum Gasteiger partial charge on any atom is 0.0992 e. The minimum atomic E-state index is -0.0344. The summed E-state index contributed by atoms with van der Waals surface area (Å²) in [6.45, 7) is 0.789. The monoisotopic (exact) mass is 279 g/mol. The molecule has 0 spiro atoms. The van der Waals surface area contributed by atoms with E-state index in [1.165, 1.54) is 6.42 Å². The van der Waals surface area contributed by atoms with Crippen molar-refractivity contribution in [3.05, 3.63) is 28.2 Å². The zero-order chi connectivity index (χ0) is 11.6. The molecule has 2 rings (SSSR count). The number of hydrogen-bond donors (Lipinski definition) is 2. The van der Waals surface area contributed by atoms with Crippen LogP contribution in [-0.2, 0) is 0 Å². The van der Waals surface area contributed by atoms with E-state index in [2.05, 4.69) is 27.3 Å². The largest absolute Gasteiger partial charge is 0.382 e. The third kappa shape index (κ3) is 2.37. The maximum absolute atomic E-state index is 8.75. The van der Waals surface area contributed by atoms with Crippen LogP contribution in [0, 0.1) is 11.3 Å². The molecular formula is C12H14BrN3. The summed E-state index contributed by atoms with van der Waals surface area (Å²) in [4.78, 5) is 0. The molecule has 16 heavy (non-hydrogen) atoms. The molecule has 0 heterocycles. The van der Waals surface area contributed by atoms with Crippen LogP contribution in [0.25, 0.3) is 0 Å². The normalized spacial score (nSPS) is 17.3. The van der Waals surface area contributed by atoms with Crippen LogP contribution in [0.1, 0.15) is 24.8 Å². The van der Waals surface area contributed by atoms with Crippen molar-refractivity contribution in [3.8, 4) is 6.07 Å². The molecule has 3 N–H and O–H groups in total. The van der Waals surface area contributed by atoms with E-state index in [9.17, 15) is 0 Å². The number of nitrogens with two attached hydrogens (primary N) is 1. The Morgan fingerprint density at radius 3 is 2.75 bits per heavy atom. The van der Waals surface area contributed by atoms with E-state index in [0.717, 1.165) is 29.5 Å². The first-order valence-corrected chi connectivity index (χ1v) is 6.15. The SMILES string of the molecule is N#Cc1ccc(NCC2(N)CCC2)c(Br)c1. The highest BCUT2D eigenvalue weighted by molar-refractivity contribution is 9.10. The summed E-state index contributed by atoms with van der Waals surface area (Å²) in [5.74, 6) is 0. The molecule has 0 atom stereocenters. The van der Waals surface area contributed by atoms with Crippen LogP contribution in [0.15, 0.2) is 22.7 Å². The van der Waals surface area contributed by atoms with Gasteiger partial charge in [-0.3, -0.25) is 0 Å². The van der Waals surface area contributed by atoms with Crippen molar-refractivity contribution in [2.24, 2.45) is 5.73 Å². The van der Waals surface area contributed by atoms with Gasteiger partial charge >= 0.3 is 0 Å². The highest BCUT2D eigenvalue weighted by Crippen LogP contribution is 2.30. The molecule has 84 valence electrons. The Morgan fingerprint density at radius 2 is 2.25 bits per heavy atom. The van der Waals surface area contributed by atoms with Gasteiger partial charge < -0.3 is 11.1 Å². The molecule has 0 amide bonds. The quantitative estimate of drug-likeness (QED) is 0.894. The van der Waals surface area contributed by atoms with Crippen molar-refractivity contribution in [1.82, 2.24) is 0 Å². The van der Waals surface area contributed by atoms with Crippen molar-refractivity contribution in [1.29, 1.82) is 5.26 Å². The highest BCUT2D eigenvalue weighted by Gasteiger charge is 2.32. The average Bonchev–Trinajstić information content (AvgIpc) is 2.25. The molecule has 0 unspecified atom stereocenters. The lowest BCUT2D eigenvalue weighted by atomic mass is 9.78. The van der Waals surface area contributed by atoms with Crippen molar-refractivity contribution in [3.63, 3.8) is 0 Å². The molecule has 3 nitrogen and oxygen atoms in total. The lowest BCUT2D eigenvalue weighted by Gasteiger charge is -2.38. The Morgan fingerprint density at radius 1 is 1.50 bits per heavy atom. The fourth-order valence-corrected chi connectivity index (χ4v) is 2.33. The summed E-state index contributed by atoms with van der Waals surface area (Å²) in [6.07, 6.45) is 3.41. The molecule has 0 bridgehead atoms. The van der Waals surface area contributed by atoms with Crippen molar-refractivity contribution < 1.29 is 0 Å².